The zero-order valence-corrected chi connectivity index (χ0v) is 13.7. The molecule has 3 aliphatic rings. The number of aliphatic hydroxyl groups excluding tert-OH is 4. The molecular weight excluding hydrogens is 320 g/mol. The van der Waals surface area contributed by atoms with Gasteiger partial charge in [0.15, 0.2) is 6.29 Å². The van der Waals surface area contributed by atoms with E-state index in [0.29, 0.717) is 18.4 Å². The Kier molecular flexibility index (Phi) is 4.71. The molecule has 0 aromatic rings. The number of carbonyl (C=O) groups excluding carboxylic acids is 1. The Labute approximate surface area is 139 Å². The van der Waals surface area contributed by atoms with Crippen LogP contribution in [0.25, 0.3) is 0 Å². The minimum Gasteiger partial charge on any atom is -0.458 e. The van der Waals surface area contributed by atoms with Crippen molar-refractivity contribution in [3.63, 3.8) is 0 Å². The van der Waals surface area contributed by atoms with Crippen LogP contribution in [0.4, 0.5) is 0 Å². The Hall–Kier alpha value is -1.03. The van der Waals surface area contributed by atoms with Gasteiger partial charge >= 0.3 is 5.97 Å². The quantitative estimate of drug-likeness (QED) is 0.473. The molecule has 0 aromatic heterocycles. The molecule has 24 heavy (non-hydrogen) atoms. The summed E-state index contributed by atoms with van der Waals surface area (Å²) >= 11 is 0. The van der Waals surface area contributed by atoms with E-state index in [0.717, 1.165) is 5.57 Å². The van der Waals surface area contributed by atoms with Crippen LogP contribution in [0.3, 0.4) is 0 Å². The lowest BCUT2D eigenvalue weighted by molar-refractivity contribution is -0.312. The van der Waals surface area contributed by atoms with Crippen molar-refractivity contribution in [1.82, 2.24) is 0 Å². The second kappa shape index (κ2) is 6.36. The van der Waals surface area contributed by atoms with Gasteiger partial charge in [-0.3, -0.25) is 0 Å². The van der Waals surface area contributed by atoms with Gasteiger partial charge in [-0.15, -0.1) is 0 Å². The molecule has 0 radical (unpaired) electrons. The van der Waals surface area contributed by atoms with Gasteiger partial charge in [0.1, 0.15) is 31.0 Å². The average Bonchev–Trinajstić information content (AvgIpc) is 2.89. The van der Waals surface area contributed by atoms with Crippen LogP contribution in [0.1, 0.15) is 26.7 Å². The summed E-state index contributed by atoms with van der Waals surface area (Å²) in [6.07, 6.45) is -5.82. The van der Waals surface area contributed by atoms with Gasteiger partial charge in [0, 0.05) is 5.57 Å². The Morgan fingerprint density at radius 2 is 1.92 bits per heavy atom. The zero-order chi connectivity index (χ0) is 17.6. The van der Waals surface area contributed by atoms with Gasteiger partial charge in [-0.1, -0.05) is 13.8 Å². The maximum Gasteiger partial charge on any atom is 0.334 e. The summed E-state index contributed by atoms with van der Waals surface area (Å²) < 4.78 is 16.3. The number of rotatable bonds is 3. The minimum absolute atomic E-state index is 0.242. The van der Waals surface area contributed by atoms with E-state index < -0.39 is 42.7 Å². The van der Waals surface area contributed by atoms with Gasteiger partial charge in [-0.2, -0.15) is 0 Å². The normalized spacial score (nSPS) is 42.0. The molecule has 6 atom stereocenters. The number of esters is 1. The maximum absolute atomic E-state index is 11.9. The standard InChI is InChI=1S/C16H24O8/c1-16(2)4-8(3-7-6-22-14(21)10(7)16)23-15-13(20)12(19)11(18)9(5-17)24-15/h8-9,11-13,15,17-20H,3-6H2,1-2H3. The van der Waals surface area contributed by atoms with E-state index in [-0.39, 0.29) is 18.7 Å². The first-order valence-electron chi connectivity index (χ1n) is 8.10. The van der Waals surface area contributed by atoms with Crippen molar-refractivity contribution in [3.05, 3.63) is 11.1 Å². The van der Waals surface area contributed by atoms with Crippen molar-refractivity contribution >= 4 is 5.97 Å². The average molecular weight is 344 g/mol. The van der Waals surface area contributed by atoms with Gasteiger partial charge in [0.25, 0.3) is 0 Å². The van der Waals surface area contributed by atoms with Gasteiger partial charge in [0.05, 0.1) is 12.7 Å². The Balaban J connectivity index is 1.73. The molecule has 2 aliphatic heterocycles. The van der Waals surface area contributed by atoms with Crippen molar-refractivity contribution in [2.24, 2.45) is 5.41 Å². The van der Waals surface area contributed by atoms with E-state index in [1.54, 1.807) is 0 Å². The first-order valence-corrected chi connectivity index (χ1v) is 8.10. The van der Waals surface area contributed by atoms with Crippen LogP contribution in [0.2, 0.25) is 0 Å². The van der Waals surface area contributed by atoms with E-state index in [1.165, 1.54) is 0 Å². The highest BCUT2D eigenvalue weighted by molar-refractivity contribution is 5.93. The second-order valence-electron chi connectivity index (χ2n) is 7.30. The van der Waals surface area contributed by atoms with Crippen LogP contribution in [0.15, 0.2) is 11.1 Å². The lowest BCUT2D eigenvalue weighted by Crippen LogP contribution is -2.59. The fraction of sp³-hybridized carbons (Fsp3) is 0.812. The van der Waals surface area contributed by atoms with Crippen molar-refractivity contribution in [2.45, 2.75) is 63.5 Å². The molecule has 1 saturated heterocycles. The summed E-state index contributed by atoms with van der Waals surface area (Å²) in [5, 5.41) is 39.0. The first kappa shape index (κ1) is 17.8. The largest absolute Gasteiger partial charge is 0.458 e. The van der Waals surface area contributed by atoms with Crippen molar-refractivity contribution in [3.8, 4) is 0 Å². The summed E-state index contributed by atoms with van der Waals surface area (Å²) in [4.78, 5) is 11.9. The lowest BCUT2D eigenvalue weighted by atomic mass is 9.72. The number of aliphatic hydroxyl groups is 4. The van der Waals surface area contributed by atoms with E-state index in [4.69, 9.17) is 14.2 Å². The zero-order valence-electron chi connectivity index (χ0n) is 13.7. The Bertz CT molecular complexity index is 540. The van der Waals surface area contributed by atoms with Crippen LogP contribution in [0, 0.1) is 5.41 Å². The fourth-order valence-corrected chi connectivity index (χ4v) is 3.84. The summed E-state index contributed by atoms with van der Waals surface area (Å²) in [7, 11) is 0. The molecular formula is C16H24O8. The van der Waals surface area contributed by atoms with Crippen LogP contribution in [-0.2, 0) is 19.0 Å². The van der Waals surface area contributed by atoms with Crippen LogP contribution in [0.5, 0.6) is 0 Å². The minimum atomic E-state index is -1.47. The van der Waals surface area contributed by atoms with Crippen molar-refractivity contribution in [2.75, 3.05) is 13.2 Å². The molecule has 1 aliphatic carbocycles. The van der Waals surface area contributed by atoms with Gasteiger partial charge < -0.3 is 34.6 Å². The molecule has 2 heterocycles. The highest BCUT2D eigenvalue weighted by atomic mass is 16.7. The van der Waals surface area contributed by atoms with E-state index in [9.17, 15) is 25.2 Å². The molecule has 1 fully saturated rings. The van der Waals surface area contributed by atoms with Gasteiger partial charge in [-0.05, 0) is 23.8 Å². The number of hydrogen-bond donors (Lipinski definition) is 4. The van der Waals surface area contributed by atoms with Gasteiger partial charge in [0.2, 0.25) is 0 Å². The number of carbonyl (C=O) groups is 1. The molecule has 0 spiro atoms. The maximum atomic E-state index is 11.9. The van der Waals surface area contributed by atoms with Crippen LogP contribution < -0.4 is 0 Å². The molecule has 0 saturated carbocycles. The molecule has 4 N–H and O–H groups in total. The van der Waals surface area contributed by atoms with Crippen LogP contribution >= 0.6 is 0 Å². The van der Waals surface area contributed by atoms with Crippen molar-refractivity contribution < 1.29 is 39.4 Å². The summed E-state index contributed by atoms with van der Waals surface area (Å²) in [6, 6.07) is 0. The SMILES string of the molecule is CC1(C)CC(OC2OC(CO)C(O)C(O)C2O)CC2=C1C(=O)OC2. The highest BCUT2D eigenvalue weighted by Crippen LogP contribution is 2.45. The number of ether oxygens (including phenoxy) is 3. The Morgan fingerprint density at radius 1 is 1.21 bits per heavy atom. The lowest BCUT2D eigenvalue weighted by Gasteiger charge is -2.42. The van der Waals surface area contributed by atoms with E-state index >= 15 is 0 Å². The first-order chi connectivity index (χ1) is 11.2. The molecule has 6 unspecified atom stereocenters. The molecule has 0 bridgehead atoms. The third-order valence-electron chi connectivity index (χ3n) is 5.00. The third kappa shape index (κ3) is 2.98. The van der Waals surface area contributed by atoms with E-state index in [1.807, 2.05) is 13.8 Å². The summed E-state index contributed by atoms with van der Waals surface area (Å²) in [5.41, 5.74) is 1.14. The van der Waals surface area contributed by atoms with Gasteiger partial charge in [-0.25, -0.2) is 4.79 Å². The molecule has 136 valence electrons. The predicted molar refractivity (Wildman–Crippen MR) is 79.6 cm³/mol. The second-order valence-corrected chi connectivity index (χ2v) is 7.30. The third-order valence-corrected chi connectivity index (χ3v) is 5.00. The summed E-state index contributed by atoms with van der Waals surface area (Å²) in [6.45, 7) is 3.60. The predicted octanol–water partition coefficient (Wildman–Crippen LogP) is -1.16. The van der Waals surface area contributed by atoms with Crippen LogP contribution in [-0.4, -0.2) is 76.4 Å². The fourth-order valence-electron chi connectivity index (χ4n) is 3.84. The molecule has 8 nitrogen and oxygen atoms in total. The smallest absolute Gasteiger partial charge is 0.334 e. The van der Waals surface area contributed by atoms with Crippen molar-refractivity contribution in [1.29, 1.82) is 0 Å². The topological polar surface area (TPSA) is 126 Å². The highest BCUT2D eigenvalue weighted by Gasteiger charge is 2.47. The van der Waals surface area contributed by atoms with E-state index in [2.05, 4.69) is 0 Å². The molecule has 3 rings (SSSR count). The molecule has 8 heteroatoms. The Morgan fingerprint density at radius 3 is 2.58 bits per heavy atom. The number of cyclic esters (lactones) is 1. The monoisotopic (exact) mass is 344 g/mol. The summed E-state index contributed by atoms with van der Waals surface area (Å²) in [5.74, 6) is -0.290. The number of hydrogen-bond acceptors (Lipinski definition) is 8. The molecule has 0 aromatic carbocycles. The molecule has 0 amide bonds.